The quantitative estimate of drug-likeness (QED) is 0.556. The Hall–Kier alpha value is -3.24. The number of nitrogens with zero attached hydrogens (tertiary/aromatic N) is 3. The Kier molecular flexibility index (Phi) is 6.95. The lowest BCUT2D eigenvalue weighted by Crippen LogP contribution is -2.30. The van der Waals surface area contributed by atoms with Crippen molar-refractivity contribution in [1.82, 2.24) is 14.1 Å². The lowest BCUT2D eigenvalue weighted by molar-refractivity contribution is 0.102. The average molecular weight is 459 g/mol. The maximum Gasteiger partial charge on any atom is 0.276 e. The fourth-order valence-corrected chi connectivity index (χ4v) is 4.89. The summed E-state index contributed by atoms with van der Waals surface area (Å²) in [7, 11) is -2.27. The number of benzene rings is 2. The van der Waals surface area contributed by atoms with Crippen molar-refractivity contribution in [3.63, 3.8) is 0 Å². The molecule has 1 heterocycles. The average Bonchev–Trinajstić information content (AvgIpc) is 2.78. The van der Waals surface area contributed by atoms with Crippen LogP contribution in [0.1, 0.15) is 31.3 Å². The summed E-state index contributed by atoms with van der Waals surface area (Å²) < 4.78 is 33.9. The molecule has 1 amide bonds. The molecule has 1 N–H and O–H groups in total. The van der Waals surface area contributed by atoms with E-state index in [1.807, 2.05) is 0 Å². The zero-order chi connectivity index (χ0) is 23.5. The van der Waals surface area contributed by atoms with Crippen molar-refractivity contribution >= 4 is 32.4 Å². The second-order valence-corrected chi connectivity index (χ2v) is 8.90. The Morgan fingerprint density at radius 3 is 2.38 bits per heavy atom. The first-order valence-electron chi connectivity index (χ1n) is 10.3. The Bertz CT molecular complexity index is 1310. The van der Waals surface area contributed by atoms with Crippen LogP contribution >= 0.6 is 0 Å². The van der Waals surface area contributed by atoms with Crippen molar-refractivity contribution in [3.05, 3.63) is 58.5 Å². The van der Waals surface area contributed by atoms with Crippen LogP contribution < -0.4 is 15.6 Å². The largest absolute Gasteiger partial charge is 0.492 e. The number of rotatable bonds is 8. The van der Waals surface area contributed by atoms with Gasteiger partial charge in [-0.05, 0) is 31.2 Å². The van der Waals surface area contributed by atoms with Gasteiger partial charge in [-0.15, -0.1) is 0 Å². The van der Waals surface area contributed by atoms with E-state index in [0.717, 1.165) is 4.68 Å². The Morgan fingerprint density at radius 2 is 1.75 bits per heavy atom. The molecule has 10 heteroatoms. The standard InChI is InChI=1S/C22H26N4O5S/c1-5-26(6-2)32(29,30)15-12-13-19(31-7-3)18(14-15)23-21(27)20-16-10-8-9-11-17(16)22(28)25(4)24-20/h8-14H,5-7H2,1-4H3,(H,23,27). The lowest BCUT2D eigenvalue weighted by Gasteiger charge is -2.20. The van der Waals surface area contributed by atoms with Gasteiger partial charge in [0.25, 0.3) is 11.5 Å². The van der Waals surface area contributed by atoms with Crippen molar-refractivity contribution in [3.8, 4) is 5.75 Å². The lowest BCUT2D eigenvalue weighted by atomic mass is 10.1. The van der Waals surface area contributed by atoms with Crippen LogP contribution in [0.5, 0.6) is 5.75 Å². The van der Waals surface area contributed by atoms with Crippen LogP contribution in [0.25, 0.3) is 10.8 Å². The van der Waals surface area contributed by atoms with Gasteiger partial charge in [0.05, 0.1) is 22.6 Å². The number of sulfonamides is 1. The zero-order valence-electron chi connectivity index (χ0n) is 18.5. The summed E-state index contributed by atoms with van der Waals surface area (Å²) in [6.45, 7) is 6.27. The molecule has 0 unspecified atom stereocenters. The van der Waals surface area contributed by atoms with E-state index in [9.17, 15) is 18.0 Å². The molecule has 170 valence electrons. The maximum atomic E-state index is 13.2. The van der Waals surface area contributed by atoms with Crippen LogP contribution in [-0.2, 0) is 17.1 Å². The molecule has 3 aromatic rings. The predicted octanol–water partition coefficient (Wildman–Crippen LogP) is 2.62. The molecule has 0 saturated heterocycles. The van der Waals surface area contributed by atoms with Crippen LogP contribution in [0.3, 0.4) is 0 Å². The summed E-state index contributed by atoms with van der Waals surface area (Å²) in [5.74, 6) is -0.261. The molecule has 1 aromatic heterocycles. The van der Waals surface area contributed by atoms with Gasteiger partial charge in [0.2, 0.25) is 10.0 Å². The van der Waals surface area contributed by atoms with Gasteiger partial charge in [0.15, 0.2) is 5.69 Å². The highest BCUT2D eigenvalue weighted by molar-refractivity contribution is 7.89. The number of amides is 1. The highest BCUT2D eigenvalue weighted by atomic mass is 32.2. The normalized spacial score (nSPS) is 11.7. The molecule has 0 spiro atoms. The van der Waals surface area contributed by atoms with E-state index in [0.29, 0.717) is 36.2 Å². The summed E-state index contributed by atoms with van der Waals surface area (Å²) in [4.78, 5) is 25.5. The van der Waals surface area contributed by atoms with E-state index in [1.54, 1.807) is 45.0 Å². The second-order valence-electron chi connectivity index (χ2n) is 6.96. The first kappa shape index (κ1) is 23.4. The molecule has 0 fully saturated rings. The number of ether oxygens (including phenoxy) is 1. The summed E-state index contributed by atoms with van der Waals surface area (Å²) in [6, 6.07) is 11.0. The molecular formula is C22H26N4O5S. The van der Waals surface area contributed by atoms with E-state index < -0.39 is 15.9 Å². The van der Waals surface area contributed by atoms with Crippen LogP contribution in [0.15, 0.2) is 52.2 Å². The minimum atomic E-state index is -3.74. The molecular weight excluding hydrogens is 432 g/mol. The SMILES string of the molecule is CCOc1ccc(S(=O)(=O)N(CC)CC)cc1NC(=O)c1nn(C)c(=O)c2ccccc12. The van der Waals surface area contributed by atoms with Crippen molar-refractivity contribution in [2.24, 2.45) is 7.05 Å². The molecule has 9 nitrogen and oxygen atoms in total. The molecule has 32 heavy (non-hydrogen) atoms. The summed E-state index contributed by atoms with van der Waals surface area (Å²) in [5, 5.41) is 7.60. The molecule has 3 rings (SSSR count). The van der Waals surface area contributed by atoms with E-state index in [2.05, 4.69) is 10.4 Å². The third-order valence-corrected chi connectivity index (χ3v) is 7.06. The minimum Gasteiger partial charge on any atom is -0.492 e. The van der Waals surface area contributed by atoms with Gasteiger partial charge in [-0.2, -0.15) is 9.40 Å². The third kappa shape index (κ3) is 4.37. The Balaban J connectivity index is 2.08. The van der Waals surface area contributed by atoms with Crippen LogP contribution in [0.4, 0.5) is 5.69 Å². The van der Waals surface area contributed by atoms with Gasteiger partial charge in [-0.1, -0.05) is 32.0 Å². The van der Waals surface area contributed by atoms with E-state index in [1.165, 1.54) is 29.6 Å². The van der Waals surface area contributed by atoms with Crippen molar-refractivity contribution < 1.29 is 17.9 Å². The number of aromatic nitrogens is 2. The Labute approximate surface area is 186 Å². The fourth-order valence-electron chi connectivity index (χ4n) is 3.41. The molecule has 0 bridgehead atoms. The van der Waals surface area contributed by atoms with Crippen molar-refractivity contribution in [2.75, 3.05) is 25.0 Å². The van der Waals surface area contributed by atoms with Gasteiger partial charge in [-0.25, -0.2) is 13.1 Å². The molecule has 0 saturated carbocycles. The number of hydrogen-bond donors (Lipinski definition) is 1. The van der Waals surface area contributed by atoms with Crippen molar-refractivity contribution in [2.45, 2.75) is 25.7 Å². The molecule has 2 aromatic carbocycles. The monoisotopic (exact) mass is 458 g/mol. The summed E-state index contributed by atoms with van der Waals surface area (Å²) in [5.41, 5.74) is -0.0774. The molecule has 0 aliphatic carbocycles. The number of fused-ring (bicyclic) bond motifs is 1. The first-order chi connectivity index (χ1) is 15.2. The van der Waals surface area contributed by atoms with Gasteiger partial charge in [0.1, 0.15) is 5.75 Å². The van der Waals surface area contributed by atoms with Crippen LogP contribution in [0, 0.1) is 0 Å². The molecule has 0 aliphatic rings. The molecule has 0 aliphatic heterocycles. The van der Waals surface area contributed by atoms with Gasteiger partial charge < -0.3 is 10.1 Å². The zero-order valence-corrected chi connectivity index (χ0v) is 19.3. The first-order valence-corrected chi connectivity index (χ1v) is 11.7. The number of hydrogen-bond acceptors (Lipinski definition) is 6. The third-order valence-electron chi connectivity index (χ3n) is 5.01. The van der Waals surface area contributed by atoms with Crippen LogP contribution in [0.2, 0.25) is 0 Å². The predicted molar refractivity (Wildman–Crippen MR) is 123 cm³/mol. The Morgan fingerprint density at radius 1 is 1.09 bits per heavy atom. The van der Waals surface area contributed by atoms with E-state index >= 15 is 0 Å². The maximum absolute atomic E-state index is 13.2. The van der Waals surface area contributed by atoms with Gasteiger partial charge in [-0.3, -0.25) is 9.59 Å². The highest BCUT2D eigenvalue weighted by Crippen LogP contribution is 2.30. The molecule has 0 radical (unpaired) electrons. The topological polar surface area (TPSA) is 111 Å². The number of carbonyl (C=O) groups excluding carboxylic acids is 1. The number of anilines is 1. The smallest absolute Gasteiger partial charge is 0.276 e. The number of aryl methyl sites for hydroxylation is 1. The number of nitrogens with one attached hydrogen (secondary N) is 1. The molecule has 0 atom stereocenters. The van der Waals surface area contributed by atoms with Gasteiger partial charge in [0, 0.05) is 25.5 Å². The summed E-state index contributed by atoms with van der Waals surface area (Å²) in [6.07, 6.45) is 0. The van der Waals surface area contributed by atoms with Crippen molar-refractivity contribution in [1.29, 1.82) is 0 Å². The minimum absolute atomic E-state index is 0.0400. The van der Waals surface area contributed by atoms with Gasteiger partial charge >= 0.3 is 0 Å². The van der Waals surface area contributed by atoms with E-state index in [4.69, 9.17) is 4.74 Å². The van der Waals surface area contributed by atoms with E-state index in [-0.39, 0.29) is 21.8 Å². The number of carbonyl (C=O) groups is 1. The summed E-state index contributed by atoms with van der Waals surface area (Å²) >= 11 is 0. The second kappa shape index (κ2) is 9.49. The highest BCUT2D eigenvalue weighted by Gasteiger charge is 2.24. The van der Waals surface area contributed by atoms with Crippen LogP contribution in [-0.4, -0.2) is 48.1 Å². The fraction of sp³-hybridized carbons (Fsp3) is 0.318.